The number of halogens is 3. The fourth-order valence-electron chi connectivity index (χ4n) is 2.32. The summed E-state index contributed by atoms with van der Waals surface area (Å²) in [4.78, 5) is 13.5. The summed E-state index contributed by atoms with van der Waals surface area (Å²) in [6.07, 6.45) is -3.03. The predicted molar refractivity (Wildman–Crippen MR) is 73.5 cm³/mol. The van der Waals surface area contributed by atoms with Crippen LogP contribution in [0.4, 0.5) is 13.2 Å². The highest BCUT2D eigenvalue weighted by atomic mass is 19.4. The number of alkyl halides is 3. The third kappa shape index (κ3) is 4.07. The molecule has 0 radical (unpaired) electrons. The zero-order chi connectivity index (χ0) is 15.5. The quantitative estimate of drug-likeness (QED) is 0.870. The Bertz CT molecular complexity index is 525. The minimum Gasteiger partial charge on any atom is -0.337 e. The van der Waals surface area contributed by atoms with Crippen molar-refractivity contribution in [2.45, 2.75) is 25.1 Å². The van der Waals surface area contributed by atoms with Gasteiger partial charge in [-0.2, -0.15) is 13.2 Å². The topological polar surface area (TPSA) is 46.3 Å². The van der Waals surface area contributed by atoms with Gasteiger partial charge in [-0.1, -0.05) is 36.4 Å². The summed E-state index contributed by atoms with van der Waals surface area (Å²) in [7, 11) is 0. The number of nitrogens with zero attached hydrogens (tertiary/aromatic N) is 1. The van der Waals surface area contributed by atoms with E-state index >= 15 is 0 Å². The molecule has 0 spiro atoms. The molecule has 21 heavy (non-hydrogen) atoms. The molecule has 1 amide bonds. The van der Waals surface area contributed by atoms with Crippen molar-refractivity contribution in [1.82, 2.24) is 4.90 Å². The molecule has 2 rings (SSSR count). The van der Waals surface area contributed by atoms with Crippen LogP contribution in [0.15, 0.2) is 42.0 Å². The highest BCUT2D eigenvalue weighted by molar-refractivity contribution is 5.82. The second-order valence-electron chi connectivity index (χ2n) is 5.06. The van der Waals surface area contributed by atoms with Gasteiger partial charge in [0.25, 0.3) is 0 Å². The van der Waals surface area contributed by atoms with E-state index in [9.17, 15) is 18.0 Å². The van der Waals surface area contributed by atoms with Crippen LogP contribution in [0.1, 0.15) is 12.0 Å². The van der Waals surface area contributed by atoms with Crippen LogP contribution in [0.2, 0.25) is 0 Å². The molecule has 1 atom stereocenters. The first kappa shape index (κ1) is 15.6. The van der Waals surface area contributed by atoms with Crippen molar-refractivity contribution in [3.05, 3.63) is 47.5 Å². The van der Waals surface area contributed by atoms with Crippen molar-refractivity contribution >= 4 is 5.91 Å². The van der Waals surface area contributed by atoms with Crippen molar-refractivity contribution in [2.24, 2.45) is 5.73 Å². The van der Waals surface area contributed by atoms with Gasteiger partial charge in [-0.05, 0) is 18.4 Å². The fraction of sp³-hybridized carbons (Fsp3) is 0.400. The Morgan fingerprint density at radius 3 is 2.48 bits per heavy atom. The van der Waals surface area contributed by atoms with Gasteiger partial charge in [-0.25, -0.2) is 0 Å². The summed E-state index contributed by atoms with van der Waals surface area (Å²) in [6, 6.07) is 8.58. The smallest absolute Gasteiger partial charge is 0.337 e. The molecule has 1 aliphatic heterocycles. The number of benzene rings is 1. The van der Waals surface area contributed by atoms with Crippen molar-refractivity contribution in [2.75, 3.05) is 13.1 Å². The van der Waals surface area contributed by atoms with Crippen LogP contribution in [0.5, 0.6) is 0 Å². The molecule has 1 aromatic carbocycles. The van der Waals surface area contributed by atoms with Crippen LogP contribution in [-0.2, 0) is 11.2 Å². The molecule has 2 N–H and O–H groups in total. The van der Waals surface area contributed by atoms with Crippen LogP contribution >= 0.6 is 0 Å². The Morgan fingerprint density at radius 1 is 1.29 bits per heavy atom. The average molecular weight is 298 g/mol. The van der Waals surface area contributed by atoms with Crippen LogP contribution in [0.25, 0.3) is 0 Å². The molecule has 0 unspecified atom stereocenters. The largest absolute Gasteiger partial charge is 0.412 e. The van der Waals surface area contributed by atoms with Crippen molar-refractivity contribution < 1.29 is 18.0 Å². The van der Waals surface area contributed by atoms with E-state index in [0.717, 1.165) is 11.6 Å². The van der Waals surface area contributed by atoms with E-state index in [1.165, 1.54) is 4.90 Å². The molecule has 1 aliphatic rings. The standard InChI is InChI=1S/C15H17F3N2O/c16-15(17,18)12-6-8-20(9-7-12)14(21)13(19)10-11-4-2-1-3-5-11/h1-6,13H,7-10,19H2/t13-/m0/s1. The van der Waals surface area contributed by atoms with Gasteiger partial charge in [0.2, 0.25) is 5.91 Å². The van der Waals surface area contributed by atoms with E-state index in [-0.39, 0.29) is 25.4 Å². The van der Waals surface area contributed by atoms with Gasteiger partial charge in [0.1, 0.15) is 0 Å². The lowest BCUT2D eigenvalue weighted by molar-refractivity contribution is -0.133. The Labute approximate surface area is 121 Å². The Balaban J connectivity index is 1.94. The SMILES string of the molecule is N[C@@H](Cc1ccccc1)C(=O)N1CC=C(C(F)(F)F)CC1. The van der Waals surface area contributed by atoms with Crippen LogP contribution in [0, 0.1) is 0 Å². The normalized spacial score (nSPS) is 17.3. The van der Waals surface area contributed by atoms with Crippen molar-refractivity contribution in [1.29, 1.82) is 0 Å². The number of amides is 1. The van der Waals surface area contributed by atoms with E-state index < -0.39 is 17.8 Å². The van der Waals surface area contributed by atoms with Crippen LogP contribution in [0.3, 0.4) is 0 Å². The van der Waals surface area contributed by atoms with E-state index in [4.69, 9.17) is 5.73 Å². The lowest BCUT2D eigenvalue weighted by Crippen LogP contribution is -2.47. The van der Waals surface area contributed by atoms with Crippen LogP contribution in [-0.4, -0.2) is 36.1 Å². The van der Waals surface area contributed by atoms with Gasteiger partial charge in [0.05, 0.1) is 6.04 Å². The second kappa shape index (κ2) is 6.30. The molecule has 1 heterocycles. The van der Waals surface area contributed by atoms with E-state index in [1.807, 2.05) is 30.3 Å². The summed E-state index contributed by atoms with van der Waals surface area (Å²) in [5, 5.41) is 0. The lowest BCUT2D eigenvalue weighted by Gasteiger charge is -2.29. The van der Waals surface area contributed by atoms with Gasteiger partial charge >= 0.3 is 6.18 Å². The van der Waals surface area contributed by atoms with E-state index in [0.29, 0.717) is 6.42 Å². The zero-order valence-electron chi connectivity index (χ0n) is 11.4. The zero-order valence-corrected chi connectivity index (χ0v) is 11.4. The molecule has 3 nitrogen and oxygen atoms in total. The maximum absolute atomic E-state index is 12.5. The number of nitrogens with two attached hydrogens (primary N) is 1. The third-order valence-electron chi connectivity index (χ3n) is 3.50. The third-order valence-corrected chi connectivity index (χ3v) is 3.50. The molecule has 0 aromatic heterocycles. The lowest BCUT2D eigenvalue weighted by atomic mass is 10.0. The molecular formula is C15H17F3N2O. The number of carbonyl (C=O) groups is 1. The molecule has 114 valence electrons. The van der Waals surface area contributed by atoms with Gasteiger partial charge < -0.3 is 10.6 Å². The first-order chi connectivity index (χ1) is 9.88. The van der Waals surface area contributed by atoms with Crippen molar-refractivity contribution in [3.63, 3.8) is 0 Å². The highest BCUT2D eigenvalue weighted by Crippen LogP contribution is 2.30. The van der Waals surface area contributed by atoms with E-state index in [1.54, 1.807) is 0 Å². The summed E-state index contributed by atoms with van der Waals surface area (Å²) >= 11 is 0. The second-order valence-corrected chi connectivity index (χ2v) is 5.06. The minimum absolute atomic E-state index is 0.0316. The molecule has 6 heteroatoms. The number of carbonyl (C=O) groups excluding carboxylic acids is 1. The summed E-state index contributed by atoms with van der Waals surface area (Å²) in [5.41, 5.74) is 6.23. The molecular weight excluding hydrogens is 281 g/mol. The first-order valence-electron chi connectivity index (χ1n) is 6.72. The maximum atomic E-state index is 12.5. The van der Waals surface area contributed by atoms with E-state index in [2.05, 4.69) is 0 Å². The fourth-order valence-corrected chi connectivity index (χ4v) is 2.32. The number of rotatable bonds is 3. The summed E-state index contributed by atoms with van der Waals surface area (Å²) in [5.74, 6) is -0.309. The van der Waals surface area contributed by atoms with Gasteiger partial charge in [0, 0.05) is 18.7 Å². The van der Waals surface area contributed by atoms with Gasteiger partial charge in [-0.3, -0.25) is 4.79 Å². The molecule has 0 saturated heterocycles. The van der Waals surface area contributed by atoms with Gasteiger partial charge in [0.15, 0.2) is 0 Å². The Hall–Kier alpha value is -1.82. The first-order valence-corrected chi connectivity index (χ1v) is 6.72. The van der Waals surface area contributed by atoms with Crippen LogP contribution < -0.4 is 5.73 Å². The van der Waals surface area contributed by atoms with Crippen molar-refractivity contribution in [3.8, 4) is 0 Å². The molecule has 0 aliphatic carbocycles. The minimum atomic E-state index is -4.30. The highest BCUT2D eigenvalue weighted by Gasteiger charge is 2.35. The summed E-state index contributed by atoms with van der Waals surface area (Å²) < 4.78 is 37.6. The molecule has 0 saturated carbocycles. The number of hydrogen-bond acceptors (Lipinski definition) is 2. The van der Waals surface area contributed by atoms with Gasteiger partial charge in [-0.15, -0.1) is 0 Å². The molecule has 1 aromatic rings. The molecule has 0 bridgehead atoms. The monoisotopic (exact) mass is 298 g/mol. The Morgan fingerprint density at radius 2 is 1.95 bits per heavy atom. The Kier molecular flexibility index (Phi) is 4.67. The predicted octanol–water partition coefficient (Wildman–Crippen LogP) is 2.28. The number of hydrogen-bond donors (Lipinski definition) is 1. The molecule has 0 fully saturated rings. The average Bonchev–Trinajstić information content (AvgIpc) is 2.46. The summed E-state index contributed by atoms with van der Waals surface area (Å²) in [6.45, 7) is 0.0306. The maximum Gasteiger partial charge on any atom is 0.412 e.